The maximum Gasteiger partial charge on any atom is 0.279 e. The number of aliphatic hydroxyl groups is 1. The average Bonchev–Trinajstić information content (AvgIpc) is 3.09. The number of amides is 1. The summed E-state index contributed by atoms with van der Waals surface area (Å²) in [4.78, 5) is 20.5. The minimum atomic E-state index is -0.735. The van der Waals surface area contributed by atoms with Crippen LogP contribution in [-0.4, -0.2) is 26.1 Å². The van der Waals surface area contributed by atoms with Gasteiger partial charge in [0, 0.05) is 6.20 Å². The molecule has 6 nitrogen and oxygen atoms in total. The number of thiazole rings is 1. The van der Waals surface area contributed by atoms with Crippen LogP contribution in [0, 0.1) is 0 Å². The average molecular weight is 377 g/mol. The topological polar surface area (TPSA) is 95.3 Å². The molecule has 2 aromatic heterocycles. The maximum atomic E-state index is 12.3. The predicted molar refractivity (Wildman–Crippen MR) is 104 cm³/mol. The van der Waals surface area contributed by atoms with Gasteiger partial charge in [-0.3, -0.25) is 10.1 Å². The standard InChI is InChI=1S/C20H15N3O3S/c24-15-7-4-10-21-17(15)19(26)23-20-22-14-9-8-13(11-16(14)27-20)18(25)12-5-2-1-3-6-12/h1-11,18,24-25H,(H,22,23,26). The lowest BCUT2D eigenvalue weighted by Gasteiger charge is -2.11. The van der Waals surface area contributed by atoms with Gasteiger partial charge in [-0.05, 0) is 35.4 Å². The third-order valence-electron chi connectivity index (χ3n) is 4.07. The number of pyridine rings is 1. The number of aliphatic hydroxyl groups excluding tert-OH is 1. The number of fused-ring (bicyclic) bond motifs is 1. The molecule has 4 rings (SSSR count). The van der Waals surface area contributed by atoms with Gasteiger partial charge in [0.2, 0.25) is 0 Å². The molecule has 0 radical (unpaired) electrons. The Kier molecular flexibility index (Phi) is 4.53. The molecule has 4 aromatic rings. The van der Waals surface area contributed by atoms with Crippen LogP contribution >= 0.6 is 11.3 Å². The number of aromatic hydroxyl groups is 1. The Morgan fingerprint density at radius 1 is 1.04 bits per heavy atom. The van der Waals surface area contributed by atoms with Crippen LogP contribution in [0.25, 0.3) is 10.2 Å². The molecule has 7 heteroatoms. The van der Waals surface area contributed by atoms with Crippen LogP contribution in [-0.2, 0) is 0 Å². The fraction of sp³-hybridized carbons (Fsp3) is 0.0500. The van der Waals surface area contributed by atoms with Gasteiger partial charge in [-0.25, -0.2) is 9.97 Å². The molecule has 0 aliphatic heterocycles. The van der Waals surface area contributed by atoms with Crippen molar-refractivity contribution in [2.75, 3.05) is 5.32 Å². The first kappa shape index (κ1) is 17.1. The van der Waals surface area contributed by atoms with Crippen LogP contribution in [0.1, 0.15) is 27.7 Å². The number of carbonyl (C=O) groups is 1. The summed E-state index contributed by atoms with van der Waals surface area (Å²) in [6.07, 6.45) is 0.700. The minimum Gasteiger partial charge on any atom is -0.505 e. The lowest BCUT2D eigenvalue weighted by atomic mass is 10.0. The highest BCUT2D eigenvalue weighted by Gasteiger charge is 2.16. The van der Waals surface area contributed by atoms with Crippen LogP contribution < -0.4 is 5.32 Å². The van der Waals surface area contributed by atoms with E-state index >= 15 is 0 Å². The second kappa shape index (κ2) is 7.14. The summed E-state index contributed by atoms with van der Waals surface area (Å²) >= 11 is 1.29. The van der Waals surface area contributed by atoms with Crippen LogP contribution in [0.2, 0.25) is 0 Å². The van der Waals surface area contributed by atoms with E-state index in [9.17, 15) is 15.0 Å². The van der Waals surface area contributed by atoms with Crippen molar-refractivity contribution < 1.29 is 15.0 Å². The van der Waals surface area contributed by atoms with Gasteiger partial charge in [-0.15, -0.1) is 0 Å². The summed E-state index contributed by atoms with van der Waals surface area (Å²) < 4.78 is 0.836. The lowest BCUT2D eigenvalue weighted by molar-refractivity contribution is 0.101. The van der Waals surface area contributed by atoms with Gasteiger partial charge < -0.3 is 10.2 Å². The molecule has 134 valence electrons. The zero-order valence-electron chi connectivity index (χ0n) is 14.0. The van der Waals surface area contributed by atoms with Crippen molar-refractivity contribution in [3.8, 4) is 5.75 Å². The molecule has 0 fully saturated rings. The summed E-state index contributed by atoms with van der Waals surface area (Å²) in [5.41, 5.74) is 2.21. The zero-order chi connectivity index (χ0) is 18.8. The lowest BCUT2D eigenvalue weighted by Crippen LogP contribution is -2.13. The first-order chi connectivity index (χ1) is 13.1. The van der Waals surface area contributed by atoms with Crippen molar-refractivity contribution in [1.82, 2.24) is 9.97 Å². The molecular formula is C20H15N3O3S. The first-order valence-corrected chi connectivity index (χ1v) is 9.02. The predicted octanol–water partition coefficient (Wildman–Crippen LogP) is 3.73. The molecule has 2 aromatic carbocycles. The number of anilines is 1. The van der Waals surface area contributed by atoms with Gasteiger partial charge in [0.1, 0.15) is 11.9 Å². The van der Waals surface area contributed by atoms with E-state index in [0.717, 1.165) is 15.8 Å². The highest BCUT2D eigenvalue weighted by atomic mass is 32.1. The SMILES string of the molecule is O=C(Nc1nc2ccc(C(O)c3ccccc3)cc2s1)c1ncccc1O. The Morgan fingerprint density at radius 2 is 1.85 bits per heavy atom. The molecule has 0 saturated carbocycles. The van der Waals surface area contributed by atoms with Crippen LogP contribution in [0.5, 0.6) is 5.75 Å². The van der Waals surface area contributed by atoms with E-state index in [2.05, 4.69) is 15.3 Å². The Balaban J connectivity index is 1.60. The van der Waals surface area contributed by atoms with Gasteiger partial charge in [-0.2, -0.15) is 0 Å². The summed E-state index contributed by atoms with van der Waals surface area (Å²) in [5, 5.41) is 23.3. The molecule has 1 atom stereocenters. The monoisotopic (exact) mass is 377 g/mol. The molecule has 1 amide bonds. The number of nitrogens with zero attached hydrogens (tertiary/aromatic N) is 2. The Labute approximate surface area is 158 Å². The van der Waals surface area contributed by atoms with E-state index < -0.39 is 12.0 Å². The minimum absolute atomic E-state index is 0.0584. The smallest absolute Gasteiger partial charge is 0.279 e. The third kappa shape index (κ3) is 3.51. The first-order valence-electron chi connectivity index (χ1n) is 8.20. The molecule has 0 aliphatic carbocycles. The highest BCUT2D eigenvalue weighted by Crippen LogP contribution is 2.31. The number of aromatic nitrogens is 2. The van der Waals surface area contributed by atoms with E-state index in [1.807, 2.05) is 42.5 Å². The van der Waals surface area contributed by atoms with E-state index in [1.165, 1.54) is 23.6 Å². The van der Waals surface area contributed by atoms with Crippen molar-refractivity contribution in [3.63, 3.8) is 0 Å². The number of nitrogens with one attached hydrogen (secondary N) is 1. The molecular weight excluding hydrogens is 362 g/mol. The molecule has 0 bridgehead atoms. The van der Waals surface area contributed by atoms with E-state index in [4.69, 9.17) is 0 Å². The Morgan fingerprint density at radius 3 is 2.63 bits per heavy atom. The summed E-state index contributed by atoms with van der Waals surface area (Å²) in [7, 11) is 0. The van der Waals surface area contributed by atoms with Crippen molar-refractivity contribution in [1.29, 1.82) is 0 Å². The van der Waals surface area contributed by atoms with Gasteiger partial charge >= 0.3 is 0 Å². The van der Waals surface area contributed by atoms with Gasteiger partial charge in [0.15, 0.2) is 10.8 Å². The fourth-order valence-corrected chi connectivity index (χ4v) is 3.63. The van der Waals surface area contributed by atoms with E-state index in [-0.39, 0.29) is 11.4 Å². The summed E-state index contributed by atoms with van der Waals surface area (Å²) in [5.74, 6) is -0.721. The highest BCUT2D eigenvalue weighted by molar-refractivity contribution is 7.22. The maximum absolute atomic E-state index is 12.3. The van der Waals surface area contributed by atoms with Crippen molar-refractivity contribution in [2.24, 2.45) is 0 Å². The van der Waals surface area contributed by atoms with Crippen molar-refractivity contribution >= 4 is 32.6 Å². The second-order valence-electron chi connectivity index (χ2n) is 5.88. The molecule has 3 N–H and O–H groups in total. The van der Waals surface area contributed by atoms with Crippen molar-refractivity contribution in [2.45, 2.75) is 6.10 Å². The van der Waals surface area contributed by atoms with Gasteiger partial charge in [0.25, 0.3) is 5.91 Å². The van der Waals surface area contributed by atoms with E-state index in [0.29, 0.717) is 10.6 Å². The molecule has 0 saturated heterocycles. The second-order valence-corrected chi connectivity index (χ2v) is 6.92. The van der Waals surface area contributed by atoms with E-state index in [1.54, 1.807) is 12.1 Å². The summed E-state index contributed by atoms with van der Waals surface area (Å²) in [6.45, 7) is 0. The van der Waals surface area contributed by atoms with Crippen LogP contribution in [0.15, 0.2) is 66.9 Å². The van der Waals surface area contributed by atoms with Gasteiger partial charge in [-0.1, -0.05) is 47.7 Å². The quantitative estimate of drug-likeness (QED) is 0.504. The number of rotatable bonds is 4. The zero-order valence-corrected chi connectivity index (χ0v) is 14.9. The normalized spacial score (nSPS) is 12.0. The Bertz CT molecular complexity index is 1110. The summed E-state index contributed by atoms with van der Waals surface area (Å²) in [6, 6.07) is 17.8. The molecule has 1 unspecified atom stereocenters. The largest absolute Gasteiger partial charge is 0.505 e. The van der Waals surface area contributed by atoms with Crippen LogP contribution in [0.3, 0.4) is 0 Å². The van der Waals surface area contributed by atoms with Gasteiger partial charge in [0.05, 0.1) is 10.2 Å². The fourth-order valence-electron chi connectivity index (χ4n) is 2.72. The van der Waals surface area contributed by atoms with Crippen LogP contribution in [0.4, 0.5) is 5.13 Å². The number of carbonyl (C=O) groups excluding carboxylic acids is 1. The molecule has 0 aliphatic rings. The molecule has 2 heterocycles. The third-order valence-corrected chi connectivity index (χ3v) is 5.00. The number of benzene rings is 2. The number of hydrogen-bond donors (Lipinski definition) is 3. The van der Waals surface area contributed by atoms with Crippen molar-refractivity contribution in [3.05, 3.63) is 83.7 Å². The molecule has 27 heavy (non-hydrogen) atoms. The molecule has 0 spiro atoms. The number of hydrogen-bond acceptors (Lipinski definition) is 6. The Hall–Kier alpha value is -3.29.